The Labute approximate surface area is 129 Å². The maximum atomic E-state index is 13.1. The van der Waals surface area contributed by atoms with Crippen molar-refractivity contribution in [1.29, 1.82) is 0 Å². The summed E-state index contributed by atoms with van der Waals surface area (Å²) in [5.41, 5.74) is 1.69. The highest BCUT2D eigenvalue weighted by Gasteiger charge is 2.18. The van der Waals surface area contributed by atoms with Gasteiger partial charge < -0.3 is 15.3 Å². The van der Waals surface area contributed by atoms with E-state index in [4.69, 9.17) is 5.11 Å². The number of benzene rings is 2. The standard InChI is InChI=1S/C17H19FN2O2/c1-20(11-12-21)17(22)19-16(13-5-3-2-4-6-13)14-7-9-15(18)10-8-14/h2-10,16,21H,11-12H2,1H3,(H,19,22). The quantitative estimate of drug-likeness (QED) is 0.892. The lowest BCUT2D eigenvalue weighted by atomic mass is 9.99. The summed E-state index contributed by atoms with van der Waals surface area (Å²) in [6.45, 7) is 0.146. The van der Waals surface area contributed by atoms with Crippen LogP contribution in [0, 0.1) is 5.82 Å². The predicted molar refractivity (Wildman–Crippen MR) is 82.9 cm³/mol. The summed E-state index contributed by atoms with van der Waals surface area (Å²) in [5.74, 6) is -0.320. The Kier molecular flexibility index (Phi) is 5.49. The second kappa shape index (κ2) is 7.56. The number of hydrogen-bond acceptors (Lipinski definition) is 2. The van der Waals surface area contributed by atoms with E-state index in [2.05, 4.69) is 5.32 Å². The van der Waals surface area contributed by atoms with Crippen LogP contribution in [0.1, 0.15) is 17.2 Å². The molecular formula is C17H19FN2O2. The van der Waals surface area contributed by atoms with Crippen molar-refractivity contribution in [3.8, 4) is 0 Å². The molecule has 116 valence electrons. The molecule has 2 aromatic carbocycles. The average molecular weight is 302 g/mol. The Bertz CT molecular complexity index is 602. The fourth-order valence-corrected chi connectivity index (χ4v) is 2.15. The highest BCUT2D eigenvalue weighted by Crippen LogP contribution is 2.22. The van der Waals surface area contributed by atoms with Crippen molar-refractivity contribution >= 4 is 6.03 Å². The van der Waals surface area contributed by atoms with Gasteiger partial charge in [-0.3, -0.25) is 0 Å². The van der Waals surface area contributed by atoms with Crippen LogP contribution in [0.15, 0.2) is 54.6 Å². The first-order chi connectivity index (χ1) is 10.6. The van der Waals surface area contributed by atoms with Gasteiger partial charge >= 0.3 is 6.03 Å². The van der Waals surface area contributed by atoms with Crippen LogP contribution in [0.25, 0.3) is 0 Å². The first-order valence-corrected chi connectivity index (χ1v) is 7.04. The van der Waals surface area contributed by atoms with Gasteiger partial charge in [0.25, 0.3) is 0 Å². The molecule has 0 bridgehead atoms. The summed E-state index contributed by atoms with van der Waals surface area (Å²) in [6, 6.07) is 14.8. The summed E-state index contributed by atoms with van der Waals surface area (Å²) in [7, 11) is 1.61. The van der Waals surface area contributed by atoms with E-state index in [1.54, 1.807) is 19.2 Å². The van der Waals surface area contributed by atoms with Crippen LogP contribution in [0.5, 0.6) is 0 Å². The minimum absolute atomic E-state index is 0.101. The third kappa shape index (κ3) is 4.05. The topological polar surface area (TPSA) is 52.6 Å². The van der Waals surface area contributed by atoms with Gasteiger partial charge in [-0.05, 0) is 23.3 Å². The molecule has 1 atom stereocenters. The molecule has 0 saturated carbocycles. The maximum absolute atomic E-state index is 13.1. The summed E-state index contributed by atoms with van der Waals surface area (Å²) < 4.78 is 13.1. The molecule has 0 fully saturated rings. The summed E-state index contributed by atoms with van der Waals surface area (Å²) in [4.78, 5) is 13.6. The molecule has 2 aromatic rings. The van der Waals surface area contributed by atoms with Crippen LogP contribution >= 0.6 is 0 Å². The third-order valence-electron chi connectivity index (χ3n) is 3.39. The van der Waals surface area contributed by atoms with E-state index in [1.807, 2.05) is 30.3 Å². The predicted octanol–water partition coefficient (Wildman–Crippen LogP) is 2.55. The molecule has 0 aliphatic heterocycles. The van der Waals surface area contributed by atoms with Gasteiger partial charge in [0.05, 0.1) is 12.6 Å². The van der Waals surface area contributed by atoms with E-state index >= 15 is 0 Å². The molecule has 0 aromatic heterocycles. The molecule has 0 saturated heterocycles. The molecule has 0 aliphatic carbocycles. The van der Waals surface area contributed by atoms with Gasteiger partial charge in [-0.15, -0.1) is 0 Å². The van der Waals surface area contributed by atoms with Crippen molar-refractivity contribution in [3.63, 3.8) is 0 Å². The smallest absolute Gasteiger partial charge is 0.317 e. The molecule has 2 rings (SSSR count). The number of likely N-dealkylation sites (N-methyl/N-ethyl adjacent to an activating group) is 1. The van der Waals surface area contributed by atoms with Crippen LogP contribution in [0.2, 0.25) is 0 Å². The van der Waals surface area contributed by atoms with Crippen LogP contribution in [-0.2, 0) is 0 Å². The van der Waals surface area contributed by atoms with Gasteiger partial charge in [-0.25, -0.2) is 9.18 Å². The first kappa shape index (κ1) is 16.0. The zero-order chi connectivity index (χ0) is 15.9. The third-order valence-corrected chi connectivity index (χ3v) is 3.39. The van der Waals surface area contributed by atoms with Crippen LogP contribution in [-0.4, -0.2) is 36.2 Å². The number of aliphatic hydroxyl groups excluding tert-OH is 1. The summed E-state index contributed by atoms with van der Waals surface area (Å²) >= 11 is 0. The lowest BCUT2D eigenvalue weighted by Gasteiger charge is -2.24. The van der Waals surface area contributed by atoms with E-state index < -0.39 is 0 Å². The van der Waals surface area contributed by atoms with Gasteiger partial charge in [-0.1, -0.05) is 42.5 Å². The average Bonchev–Trinajstić information content (AvgIpc) is 2.54. The molecule has 2 N–H and O–H groups in total. The highest BCUT2D eigenvalue weighted by atomic mass is 19.1. The molecular weight excluding hydrogens is 283 g/mol. The Morgan fingerprint density at radius 1 is 1.14 bits per heavy atom. The number of hydrogen-bond donors (Lipinski definition) is 2. The summed E-state index contributed by atoms with van der Waals surface area (Å²) in [6.07, 6.45) is 0. The fourth-order valence-electron chi connectivity index (χ4n) is 2.15. The van der Waals surface area contributed by atoms with Crippen molar-refractivity contribution < 1.29 is 14.3 Å². The van der Waals surface area contributed by atoms with Gasteiger partial charge in [0, 0.05) is 13.6 Å². The highest BCUT2D eigenvalue weighted by molar-refractivity contribution is 5.75. The van der Waals surface area contributed by atoms with Crippen molar-refractivity contribution in [2.45, 2.75) is 6.04 Å². The van der Waals surface area contributed by atoms with E-state index in [9.17, 15) is 9.18 Å². The molecule has 4 nitrogen and oxygen atoms in total. The molecule has 22 heavy (non-hydrogen) atoms. The number of aliphatic hydroxyl groups is 1. The second-order valence-electron chi connectivity index (χ2n) is 4.99. The zero-order valence-corrected chi connectivity index (χ0v) is 12.4. The van der Waals surface area contributed by atoms with Crippen LogP contribution < -0.4 is 5.32 Å². The van der Waals surface area contributed by atoms with Gasteiger partial charge in [0.2, 0.25) is 0 Å². The number of nitrogens with zero attached hydrogens (tertiary/aromatic N) is 1. The Hall–Kier alpha value is -2.40. The summed E-state index contributed by atoms with van der Waals surface area (Å²) in [5, 5.41) is 11.8. The molecule has 0 aliphatic rings. The number of amides is 2. The Morgan fingerprint density at radius 3 is 2.32 bits per heavy atom. The number of rotatable bonds is 5. The number of carbonyl (C=O) groups is 1. The second-order valence-corrected chi connectivity index (χ2v) is 4.99. The lowest BCUT2D eigenvalue weighted by Crippen LogP contribution is -2.41. The minimum Gasteiger partial charge on any atom is -0.395 e. The molecule has 0 radical (unpaired) electrons. The van der Waals surface area contributed by atoms with E-state index in [0.29, 0.717) is 0 Å². The normalized spacial score (nSPS) is 11.8. The van der Waals surface area contributed by atoms with Gasteiger partial charge in [0.15, 0.2) is 0 Å². The number of carbonyl (C=O) groups excluding carboxylic acids is 1. The zero-order valence-electron chi connectivity index (χ0n) is 12.4. The van der Waals surface area contributed by atoms with Crippen molar-refractivity contribution in [3.05, 3.63) is 71.5 Å². The molecule has 0 heterocycles. The van der Waals surface area contributed by atoms with E-state index in [-0.39, 0.29) is 31.0 Å². The Morgan fingerprint density at radius 2 is 1.73 bits per heavy atom. The largest absolute Gasteiger partial charge is 0.395 e. The number of halogens is 1. The van der Waals surface area contributed by atoms with Gasteiger partial charge in [-0.2, -0.15) is 0 Å². The molecule has 2 amide bonds. The SMILES string of the molecule is CN(CCO)C(=O)NC(c1ccccc1)c1ccc(F)cc1. The lowest BCUT2D eigenvalue weighted by molar-refractivity contribution is 0.188. The van der Waals surface area contributed by atoms with Gasteiger partial charge in [0.1, 0.15) is 5.82 Å². The molecule has 1 unspecified atom stereocenters. The molecule has 5 heteroatoms. The van der Waals surface area contributed by atoms with Crippen LogP contribution in [0.4, 0.5) is 9.18 Å². The Balaban J connectivity index is 2.26. The van der Waals surface area contributed by atoms with E-state index in [1.165, 1.54) is 17.0 Å². The monoisotopic (exact) mass is 302 g/mol. The van der Waals surface area contributed by atoms with E-state index in [0.717, 1.165) is 11.1 Å². The minimum atomic E-state index is -0.379. The fraction of sp³-hybridized carbons (Fsp3) is 0.235. The first-order valence-electron chi connectivity index (χ1n) is 7.04. The molecule has 0 spiro atoms. The van der Waals surface area contributed by atoms with Crippen molar-refractivity contribution in [2.75, 3.05) is 20.2 Å². The number of nitrogens with one attached hydrogen (secondary N) is 1. The number of urea groups is 1. The van der Waals surface area contributed by atoms with Crippen molar-refractivity contribution in [1.82, 2.24) is 10.2 Å². The van der Waals surface area contributed by atoms with Crippen LogP contribution in [0.3, 0.4) is 0 Å². The van der Waals surface area contributed by atoms with Crippen molar-refractivity contribution in [2.24, 2.45) is 0 Å². The maximum Gasteiger partial charge on any atom is 0.317 e.